The second kappa shape index (κ2) is 5.10. The summed E-state index contributed by atoms with van der Waals surface area (Å²) in [5.74, 6) is 0. The molecule has 0 aliphatic heterocycles. The van der Waals surface area contributed by atoms with Gasteiger partial charge in [0.05, 0.1) is 6.20 Å². The van der Waals surface area contributed by atoms with Crippen molar-refractivity contribution in [3.05, 3.63) is 47.5 Å². The molecule has 0 radical (unpaired) electrons. The first-order valence-corrected chi connectivity index (χ1v) is 5.80. The van der Waals surface area contributed by atoms with E-state index in [2.05, 4.69) is 17.0 Å². The molecule has 2 N–H and O–H groups in total. The van der Waals surface area contributed by atoms with E-state index < -0.39 is 0 Å². The molecule has 4 heteroatoms. The summed E-state index contributed by atoms with van der Waals surface area (Å²) in [4.78, 5) is 4.13. The topological polar surface area (TPSA) is 56.7 Å². The lowest BCUT2D eigenvalue weighted by atomic mass is 9.99. The predicted octanol–water partition coefficient (Wildman–Crippen LogP) is 1.76. The van der Waals surface area contributed by atoms with Gasteiger partial charge in [0.2, 0.25) is 0 Å². The van der Waals surface area contributed by atoms with Gasteiger partial charge in [0.15, 0.2) is 0 Å². The molecule has 2 aromatic heterocycles. The molecule has 0 aliphatic rings. The van der Waals surface area contributed by atoms with Gasteiger partial charge in [-0.15, -0.1) is 0 Å². The number of nitrogens with zero attached hydrogens (tertiary/aromatic N) is 3. The fraction of sp³-hybridized carbons (Fsp3) is 0.385. The van der Waals surface area contributed by atoms with Crippen LogP contribution in [0, 0.1) is 6.92 Å². The Balaban J connectivity index is 1.98. The summed E-state index contributed by atoms with van der Waals surface area (Å²) < 4.78 is 1.82. The van der Waals surface area contributed by atoms with Gasteiger partial charge in [-0.3, -0.25) is 9.67 Å². The lowest BCUT2D eigenvalue weighted by Crippen LogP contribution is -2.13. The van der Waals surface area contributed by atoms with Crippen molar-refractivity contribution in [2.24, 2.45) is 12.8 Å². The number of rotatable bonds is 4. The van der Waals surface area contributed by atoms with Crippen LogP contribution in [0.2, 0.25) is 0 Å². The summed E-state index contributed by atoms with van der Waals surface area (Å²) in [7, 11) is 1.93. The van der Waals surface area contributed by atoms with Gasteiger partial charge < -0.3 is 5.73 Å². The Bertz CT molecular complexity index is 490. The van der Waals surface area contributed by atoms with E-state index in [0.29, 0.717) is 0 Å². The Hall–Kier alpha value is -1.68. The number of nitrogens with two attached hydrogens (primary N) is 1. The standard InChI is InChI=1S/C13H18N4/c1-10-5-6-15-8-12(10)13(14)4-3-11-7-16-17(2)9-11/h5-9,13H,3-4,14H2,1-2H3. The average Bonchev–Trinajstić information content (AvgIpc) is 2.73. The molecule has 90 valence electrons. The third-order valence-corrected chi connectivity index (χ3v) is 2.98. The van der Waals surface area contributed by atoms with Gasteiger partial charge in [0.25, 0.3) is 0 Å². The Kier molecular flexibility index (Phi) is 3.54. The minimum absolute atomic E-state index is 0.0453. The van der Waals surface area contributed by atoms with Crippen LogP contribution < -0.4 is 5.73 Å². The van der Waals surface area contributed by atoms with Gasteiger partial charge in [0, 0.05) is 31.7 Å². The van der Waals surface area contributed by atoms with Crippen LogP contribution >= 0.6 is 0 Å². The third-order valence-electron chi connectivity index (χ3n) is 2.98. The van der Waals surface area contributed by atoms with Gasteiger partial charge in [-0.2, -0.15) is 5.10 Å². The molecule has 4 nitrogen and oxygen atoms in total. The number of aromatic nitrogens is 3. The van der Waals surface area contributed by atoms with E-state index in [4.69, 9.17) is 5.73 Å². The van der Waals surface area contributed by atoms with Crippen molar-refractivity contribution in [3.8, 4) is 0 Å². The van der Waals surface area contributed by atoms with Crippen molar-refractivity contribution in [1.82, 2.24) is 14.8 Å². The van der Waals surface area contributed by atoms with Crippen molar-refractivity contribution < 1.29 is 0 Å². The highest BCUT2D eigenvalue weighted by molar-refractivity contribution is 5.24. The van der Waals surface area contributed by atoms with E-state index in [1.54, 1.807) is 6.20 Å². The highest BCUT2D eigenvalue weighted by atomic mass is 15.2. The number of aryl methyl sites for hydroxylation is 3. The molecular weight excluding hydrogens is 212 g/mol. The van der Waals surface area contributed by atoms with Crippen molar-refractivity contribution in [3.63, 3.8) is 0 Å². The van der Waals surface area contributed by atoms with Gasteiger partial charge in [-0.1, -0.05) is 0 Å². The molecule has 0 amide bonds. The van der Waals surface area contributed by atoms with Crippen LogP contribution in [0.1, 0.15) is 29.2 Å². The molecule has 0 saturated carbocycles. The van der Waals surface area contributed by atoms with Crippen LogP contribution in [-0.2, 0) is 13.5 Å². The van der Waals surface area contributed by atoms with Gasteiger partial charge >= 0.3 is 0 Å². The fourth-order valence-corrected chi connectivity index (χ4v) is 1.94. The average molecular weight is 230 g/mol. The van der Waals surface area contributed by atoms with E-state index in [0.717, 1.165) is 18.4 Å². The molecular formula is C13H18N4. The molecule has 0 spiro atoms. The van der Waals surface area contributed by atoms with Crippen molar-refractivity contribution in [1.29, 1.82) is 0 Å². The maximum atomic E-state index is 6.18. The monoisotopic (exact) mass is 230 g/mol. The molecule has 0 fully saturated rings. The number of hydrogen-bond donors (Lipinski definition) is 1. The zero-order valence-corrected chi connectivity index (χ0v) is 10.3. The molecule has 0 aromatic carbocycles. The van der Waals surface area contributed by atoms with Crippen LogP contribution in [0.25, 0.3) is 0 Å². The quantitative estimate of drug-likeness (QED) is 0.870. The SMILES string of the molecule is Cc1ccncc1C(N)CCc1cnn(C)c1. The fourth-order valence-electron chi connectivity index (χ4n) is 1.94. The van der Waals surface area contributed by atoms with Crippen LogP contribution in [0.15, 0.2) is 30.9 Å². The van der Waals surface area contributed by atoms with Crippen molar-refractivity contribution in [2.75, 3.05) is 0 Å². The van der Waals surface area contributed by atoms with E-state index in [9.17, 15) is 0 Å². The van der Waals surface area contributed by atoms with Crippen LogP contribution in [0.4, 0.5) is 0 Å². The first-order valence-electron chi connectivity index (χ1n) is 5.80. The normalized spacial score (nSPS) is 12.6. The molecule has 2 rings (SSSR count). The molecule has 17 heavy (non-hydrogen) atoms. The molecule has 1 unspecified atom stereocenters. The summed E-state index contributed by atoms with van der Waals surface area (Å²) in [5, 5.41) is 4.15. The number of pyridine rings is 1. The summed E-state index contributed by atoms with van der Waals surface area (Å²) in [6.07, 6.45) is 9.45. The Morgan fingerprint density at radius 2 is 2.24 bits per heavy atom. The molecule has 2 heterocycles. The maximum absolute atomic E-state index is 6.18. The lowest BCUT2D eigenvalue weighted by Gasteiger charge is -2.13. The largest absolute Gasteiger partial charge is 0.324 e. The molecule has 0 aliphatic carbocycles. The third kappa shape index (κ3) is 2.91. The van der Waals surface area contributed by atoms with E-state index >= 15 is 0 Å². The highest BCUT2D eigenvalue weighted by Crippen LogP contribution is 2.18. The lowest BCUT2D eigenvalue weighted by molar-refractivity contribution is 0.644. The summed E-state index contributed by atoms with van der Waals surface area (Å²) in [6.45, 7) is 2.07. The predicted molar refractivity (Wildman–Crippen MR) is 67.4 cm³/mol. The van der Waals surface area contributed by atoms with E-state index in [1.165, 1.54) is 11.1 Å². The van der Waals surface area contributed by atoms with Crippen LogP contribution in [0.3, 0.4) is 0 Å². The van der Waals surface area contributed by atoms with Gasteiger partial charge in [-0.25, -0.2) is 0 Å². The van der Waals surface area contributed by atoms with Gasteiger partial charge in [-0.05, 0) is 42.5 Å². The van der Waals surface area contributed by atoms with E-state index in [-0.39, 0.29) is 6.04 Å². The van der Waals surface area contributed by atoms with E-state index in [1.807, 2.05) is 36.4 Å². The summed E-state index contributed by atoms with van der Waals surface area (Å²) >= 11 is 0. The number of hydrogen-bond acceptors (Lipinski definition) is 3. The minimum atomic E-state index is 0.0453. The summed E-state index contributed by atoms with van der Waals surface area (Å²) in [5.41, 5.74) is 9.75. The van der Waals surface area contributed by atoms with Crippen LogP contribution in [-0.4, -0.2) is 14.8 Å². The van der Waals surface area contributed by atoms with Crippen molar-refractivity contribution >= 4 is 0 Å². The molecule has 0 bridgehead atoms. The maximum Gasteiger partial charge on any atom is 0.0521 e. The zero-order chi connectivity index (χ0) is 12.3. The van der Waals surface area contributed by atoms with Gasteiger partial charge in [0.1, 0.15) is 0 Å². The van der Waals surface area contributed by atoms with Crippen LogP contribution in [0.5, 0.6) is 0 Å². The second-order valence-electron chi connectivity index (χ2n) is 4.40. The minimum Gasteiger partial charge on any atom is -0.324 e. The first-order chi connectivity index (χ1) is 8.16. The first kappa shape index (κ1) is 11.8. The molecule has 2 aromatic rings. The molecule has 1 atom stereocenters. The smallest absolute Gasteiger partial charge is 0.0521 e. The Morgan fingerprint density at radius 1 is 1.41 bits per heavy atom. The Morgan fingerprint density at radius 3 is 2.88 bits per heavy atom. The zero-order valence-electron chi connectivity index (χ0n) is 10.3. The van der Waals surface area contributed by atoms with Crippen molar-refractivity contribution in [2.45, 2.75) is 25.8 Å². The highest BCUT2D eigenvalue weighted by Gasteiger charge is 2.09. The summed E-state index contributed by atoms with van der Waals surface area (Å²) in [6, 6.07) is 2.04. The second-order valence-corrected chi connectivity index (χ2v) is 4.40. The Labute approximate surface area is 101 Å². The molecule has 0 saturated heterocycles.